The largest absolute Gasteiger partial charge is 0.444 e. The minimum atomic E-state index is -0.486. The first-order valence-electron chi connectivity index (χ1n) is 7.02. The van der Waals surface area contributed by atoms with E-state index >= 15 is 0 Å². The van der Waals surface area contributed by atoms with Gasteiger partial charge in [0, 0.05) is 6.54 Å². The number of nitrogens with zero attached hydrogens (tertiary/aromatic N) is 1. The standard InChI is InChI=1S/C16H23NO3/c1-12-14(11-19-12)17(15(18)20-16(2,3)4)10-13-8-6-5-7-9-13/h5-9,12,14H,10-11H2,1-4H3/t12-,14-/m0/s1. The Hall–Kier alpha value is -1.55. The Balaban J connectivity index is 2.10. The second kappa shape index (κ2) is 5.83. The van der Waals surface area contributed by atoms with Crippen molar-refractivity contribution in [2.45, 2.75) is 52.0 Å². The normalized spacial score (nSPS) is 22.0. The highest BCUT2D eigenvalue weighted by Gasteiger charge is 2.38. The van der Waals surface area contributed by atoms with Gasteiger partial charge in [-0.3, -0.25) is 4.90 Å². The lowest BCUT2D eigenvalue weighted by atomic mass is 10.1. The highest BCUT2D eigenvalue weighted by atomic mass is 16.6. The zero-order chi connectivity index (χ0) is 14.8. The summed E-state index contributed by atoms with van der Waals surface area (Å²) < 4.78 is 10.9. The molecule has 1 aliphatic rings. The summed E-state index contributed by atoms with van der Waals surface area (Å²) in [5.41, 5.74) is 0.609. The first-order chi connectivity index (χ1) is 9.37. The fourth-order valence-electron chi connectivity index (χ4n) is 2.14. The molecule has 1 aliphatic heterocycles. The molecular weight excluding hydrogens is 254 g/mol. The molecule has 0 bridgehead atoms. The van der Waals surface area contributed by atoms with Gasteiger partial charge in [-0.1, -0.05) is 30.3 Å². The average Bonchev–Trinajstić information content (AvgIpc) is 2.35. The van der Waals surface area contributed by atoms with Crippen molar-refractivity contribution >= 4 is 6.09 Å². The predicted molar refractivity (Wildman–Crippen MR) is 77.4 cm³/mol. The molecule has 2 atom stereocenters. The Morgan fingerprint density at radius 2 is 2.00 bits per heavy atom. The van der Waals surface area contributed by atoms with Crippen LogP contribution in [-0.4, -0.2) is 35.3 Å². The van der Waals surface area contributed by atoms with Crippen LogP contribution in [0.5, 0.6) is 0 Å². The molecule has 1 heterocycles. The summed E-state index contributed by atoms with van der Waals surface area (Å²) in [6.45, 7) is 8.75. The van der Waals surface area contributed by atoms with Gasteiger partial charge in [0.1, 0.15) is 5.60 Å². The van der Waals surface area contributed by atoms with Gasteiger partial charge >= 0.3 is 6.09 Å². The average molecular weight is 277 g/mol. The van der Waals surface area contributed by atoms with E-state index in [2.05, 4.69) is 0 Å². The predicted octanol–water partition coefficient (Wildman–Crippen LogP) is 3.21. The molecule has 0 aromatic heterocycles. The van der Waals surface area contributed by atoms with Crippen LogP contribution in [0.2, 0.25) is 0 Å². The van der Waals surface area contributed by atoms with Crippen molar-refractivity contribution in [3.05, 3.63) is 35.9 Å². The lowest BCUT2D eigenvalue weighted by Crippen LogP contribution is -2.57. The van der Waals surface area contributed by atoms with Crippen LogP contribution in [0.3, 0.4) is 0 Å². The molecule has 0 aliphatic carbocycles. The van der Waals surface area contributed by atoms with E-state index in [9.17, 15) is 4.79 Å². The third-order valence-corrected chi connectivity index (χ3v) is 3.30. The van der Waals surface area contributed by atoms with Gasteiger partial charge in [-0.05, 0) is 33.3 Å². The highest BCUT2D eigenvalue weighted by Crippen LogP contribution is 2.23. The summed E-state index contributed by atoms with van der Waals surface area (Å²) in [5.74, 6) is 0. The minimum Gasteiger partial charge on any atom is -0.444 e. The molecular formula is C16H23NO3. The molecule has 2 rings (SSSR count). The van der Waals surface area contributed by atoms with Crippen molar-refractivity contribution in [2.24, 2.45) is 0 Å². The molecule has 1 aromatic carbocycles. The summed E-state index contributed by atoms with van der Waals surface area (Å²) in [5, 5.41) is 0. The summed E-state index contributed by atoms with van der Waals surface area (Å²) in [6.07, 6.45) is -0.215. The fraction of sp³-hybridized carbons (Fsp3) is 0.562. The molecule has 4 nitrogen and oxygen atoms in total. The smallest absolute Gasteiger partial charge is 0.411 e. The third kappa shape index (κ3) is 3.73. The van der Waals surface area contributed by atoms with E-state index in [1.807, 2.05) is 58.0 Å². The van der Waals surface area contributed by atoms with E-state index < -0.39 is 5.60 Å². The van der Waals surface area contributed by atoms with Crippen LogP contribution >= 0.6 is 0 Å². The molecule has 0 spiro atoms. The lowest BCUT2D eigenvalue weighted by Gasteiger charge is -2.42. The monoisotopic (exact) mass is 277 g/mol. The summed E-state index contributed by atoms with van der Waals surface area (Å²) in [7, 11) is 0. The van der Waals surface area contributed by atoms with Gasteiger partial charge in [-0.15, -0.1) is 0 Å². The van der Waals surface area contributed by atoms with Crippen LogP contribution < -0.4 is 0 Å². The van der Waals surface area contributed by atoms with Gasteiger partial charge < -0.3 is 9.47 Å². The van der Waals surface area contributed by atoms with Crippen LogP contribution in [0.15, 0.2) is 30.3 Å². The molecule has 1 amide bonds. The molecule has 1 saturated heterocycles. The number of carbonyl (C=O) groups is 1. The lowest BCUT2D eigenvalue weighted by molar-refractivity contribution is -0.124. The van der Waals surface area contributed by atoms with Crippen molar-refractivity contribution in [3.63, 3.8) is 0 Å². The van der Waals surface area contributed by atoms with Crippen molar-refractivity contribution in [2.75, 3.05) is 6.61 Å². The molecule has 1 fully saturated rings. The number of benzene rings is 1. The van der Waals surface area contributed by atoms with E-state index in [0.717, 1.165) is 5.56 Å². The maximum absolute atomic E-state index is 12.4. The summed E-state index contributed by atoms with van der Waals surface area (Å²) in [6, 6.07) is 10.0. The van der Waals surface area contributed by atoms with Crippen LogP contribution in [0, 0.1) is 0 Å². The van der Waals surface area contributed by atoms with Crippen molar-refractivity contribution in [1.82, 2.24) is 4.90 Å². The SMILES string of the molecule is C[C@@H]1OC[C@@H]1N(Cc1ccccc1)C(=O)OC(C)(C)C. The zero-order valence-corrected chi connectivity index (χ0v) is 12.6. The fourth-order valence-corrected chi connectivity index (χ4v) is 2.14. The van der Waals surface area contributed by atoms with Gasteiger partial charge in [-0.25, -0.2) is 4.79 Å². The van der Waals surface area contributed by atoms with E-state index in [0.29, 0.717) is 13.2 Å². The number of hydrogen-bond acceptors (Lipinski definition) is 3. The number of amides is 1. The second-order valence-corrected chi connectivity index (χ2v) is 6.20. The van der Waals surface area contributed by atoms with Gasteiger partial charge in [0.2, 0.25) is 0 Å². The molecule has 0 saturated carbocycles. The van der Waals surface area contributed by atoms with E-state index in [-0.39, 0.29) is 18.2 Å². The van der Waals surface area contributed by atoms with E-state index in [1.165, 1.54) is 0 Å². The number of hydrogen-bond donors (Lipinski definition) is 0. The van der Waals surface area contributed by atoms with Crippen LogP contribution in [0.1, 0.15) is 33.3 Å². The van der Waals surface area contributed by atoms with Gasteiger partial charge in [0.15, 0.2) is 0 Å². The third-order valence-electron chi connectivity index (χ3n) is 3.30. The quantitative estimate of drug-likeness (QED) is 0.851. The number of ether oxygens (including phenoxy) is 2. The maximum atomic E-state index is 12.4. The topological polar surface area (TPSA) is 38.8 Å². The molecule has 4 heteroatoms. The molecule has 0 N–H and O–H groups in total. The molecule has 1 aromatic rings. The Labute approximate surface area is 120 Å². The van der Waals surface area contributed by atoms with Crippen LogP contribution in [-0.2, 0) is 16.0 Å². The van der Waals surface area contributed by atoms with Crippen molar-refractivity contribution in [1.29, 1.82) is 0 Å². The Bertz CT molecular complexity index is 453. The number of carbonyl (C=O) groups excluding carboxylic acids is 1. The van der Waals surface area contributed by atoms with Crippen LogP contribution in [0.4, 0.5) is 4.79 Å². The molecule has 0 radical (unpaired) electrons. The van der Waals surface area contributed by atoms with Gasteiger partial charge in [0.25, 0.3) is 0 Å². The van der Waals surface area contributed by atoms with Crippen molar-refractivity contribution in [3.8, 4) is 0 Å². The minimum absolute atomic E-state index is 0.0613. The zero-order valence-electron chi connectivity index (χ0n) is 12.6. The van der Waals surface area contributed by atoms with E-state index in [1.54, 1.807) is 4.90 Å². The first-order valence-corrected chi connectivity index (χ1v) is 7.02. The Kier molecular flexibility index (Phi) is 4.33. The van der Waals surface area contributed by atoms with Gasteiger partial charge in [-0.2, -0.15) is 0 Å². The molecule has 0 unspecified atom stereocenters. The molecule has 110 valence electrons. The molecule has 20 heavy (non-hydrogen) atoms. The Morgan fingerprint density at radius 3 is 2.45 bits per heavy atom. The maximum Gasteiger partial charge on any atom is 0.411 e. The Morgan fingerprint density at radius 1 is 1.35 bits per heavy atom. The number of rotatable bonds is 3. The summed E-state index contributed by atoms with van der Waals surface area (Å²) >= 11 is 0. The van der Waals surface area contributed by atoms with Gasteiger partial charge in [0.05, 0.1) is 18.8 Å². The second-order valence-electron chi connectivity index (χ2n) is 6.20. The summed E-state index contributed by atoms with van der Waals surface area (Å²) in [4.78, 5) is 14.2. The first kappa shape index (κ1) is 14.9. The van der Waals surface area contributed by atoms with E-state index in [4.69, 9.17) is 9.47 Å². The van der Waals surface area contributed by atoms with Crippen LogP contribution in [0.25, 0.3) is 0 Å². The highest BCUT2D eigenvalue weighted by molar-refractivity contribution is 5.69. The van der Waals surface area contributed by atoms with Crippen molar-refractivity contribution < 1.29 is 14.3 Å².